The van der Waals surface area contributed by atoms with E-state index in [4.69, 9.17) is 4.74 Å². The molecule has 1 atom stereocenters. The summed E-state index contributed by atoms with van der Waals surface area (Å²) in [5, 5.41) is 16.8. The summed E-state index contributed by atoms with van der Waals surface area (Å²) in [6.07, 6.45) is 1.25. The molecule has 2 amide bonds. The molecule has 0 spiro atoms. The Hall–Kier alpha value is -3.75. The van der Waals surface area contributed by atoms with E-state index in [2.05, 4.69) is 39.8 Å². The maximum absolute atomic E-state index is 12.3. The van der Waals surface area contributed by atoms with Gasteiger partial charge in [-0.1, -0.05) is 42.5 Å². The Kier molecular flexibility index (Phi) is 6.97. The number of carboxylic acid groups (broad SMARTS) is 1. The first-order valence-electron chi connectivity index (χ1n) is 12.2. The number of carboxylic acids is 1. The largest absolute Gasteiger partial charge is 0.478 e. The summed E-state index contributed by atoms with van der Waals surface area (Å²) in [4.78, 5) is 38.3. The van der Waals surface area contributed by atoms with Crippen molar-refractivity contribution in [2.75, 3.05) is 31.6 Å². The maximum atomic E-state index is 12.3. The fraction of sp³-hybridized carbons (Fsp3) is 0.321. The minimum absolute atomic E-state index is 0.171. The molecule has 2 aliphatic rings. The highest BCUT2D eigenvalue weighted by Crippen LogP contribution is 2.32. The molecule has 0 aromatic heterocycles. The van der Waals surface area contributed by atoms with Crippen LogP contribution in [0.4, 0.5) is 5.69 Å². The van der Waals surface area contributed by atoms with Crippen LogP contribution < -0.4 is 10.6 Å². The van der Waals surface area contributed by atoms with Gasteiger partial charge < -0.3 is 15.2 Å². The summed E-state index contributed by atoms with van der Waals surface area (Å²) in [6.45, 7) is 4.34. The lowest BCUT2D eigenvalue weighted by Crippen LogP contribution is -2.47. The smallest absolute Gasteiger partial charge is 0.336 e. The summed E-state index contributed by atoms with van der Waals surface area (Å²) in [5.41, 5.74) is 4.13. The number of carbonyl (C=O) groups excluding carboxylic acids is 2. The monoisotopic (exact) mass is 487 g/mol. The number of anilines is 1. The summed E-state index contributed by atoms with van der Waals surface area (Å²) >= 11 is 0. The van der Waals surface area contributed by atoms with Gasteiger partial charge in [0.25, 0.3) is 0 Å². The standard InChI is InChI=1S/C28H29N3O5/c32-25-11-10-24(27(33)30-25)29-23-9-8-20(21-2-1-3-22(26(21)23)28(34)35)16-18-4-6-19(7-5-18)17-31-12-14-36-15-13-31/h1-9,24,29H,10-17H2,(H,34,35)(H,30,32,33)/t24-/m0/s1. The van der Waals surface area contributed by atoms with Crippen LogP contribution in [0.5, 0.6) is 0 Å². The molecule has 2 saturated heterocycles. The van der Waals surface area contributed by atoms with E-state index in [-0.39, 0.29) is 17.9 Å². The first-order valence-corrected chi connectivity index (χ1v) is 12.2. The van der Waals surface area contributed by atoms with Gasteiger partial charge in [-0.15, -0.1) is 0 Å². The number of rotatable bonds is 7. The van der Waals surface area contributed by atoms with Gasteiger partial charge in [0.15, 0.2) is 0 Å². The average molecular weight is 488 g/mol. The van der Waals surface area contributed by atoms with Crippen molar-refractivity contribution in [3.63, 3.8) is 0 Å². The molecule has 186 valence electrons. The highest BCUT2D eigenvalue weighted by atomic mass is 16.5. The highest BCUT2D eigenvalue weighted by Gasteiger charge is 2.27. The first-order chi connectivity index (χ1) is 17.5. The minimum Gasteiger partial charge on any atom is -0.478 e. The molecule has 0 aliphatic carbocycles. The van der Waals surface area contributed by atoms with Gasteiger partial charge in [-0.25, -0.2) is 4.79 Å². The number of fused-ring (bicyclic) bond motifs is 1. The normalized spacial score (nSPS) is 18.7. The second-order valence-electron chi connectivity index (χ2n) is 9.34. The molecular weight excluding hydrogens is 458 g/mol. The number of hydrogen-bond acceptors (Lipinski definition) is 6. The summed E-state index contributed by atoms with van der Waals surface area (Å²) in [5.74, 6) is -1.72. The van der Waals surface area contributed by atoms with E-state index in [0.717, 1.165) is 49.4 Å². The Labute approximate surface area is 209 Å². The highest BCUT2D eigenvalue weighted by molar-refractivity contribution is 6.11. The van der Waals surface area contributed by atoms with Gasteiger partial charge in [0.1, 0.15) is 6.04 Å². The Bertz CT molecular complexity index is 1300. The van der Waals surface area contributed by atoms with Gasteiger partial charge in [0.2, 0.25) is 11.8 Å². The molecular formula is C28H29N3O5. The van der Waals surface area contributed by atoms with E-state index in [1.54, 1.807) is 12.1 Å². The molecule has 8 heteroatoms. The molecule has 36 heavy (non-hydrogen) atoms. The molecule has 0 radical (unpaired) electrons. The summed E-state index contributed by atoms with van der Waals surface area (Å²) < 4.78 is 5.43. The van der Waals surface area contributed by atoms with Gasteiger partial charge in [-0.3, -0.25) is 19.8 Å². The molecule has 8 nitrogen and oxygen atoms in total. The predicted octanol–water partition coefficient (Wildman–Crippen LogP) is 3.18. The zero-order chi connectivity index (χ0) is 25.1. The average Bonchev–Trinajstić information content (AvgIpc) is 2.88. The molecule has 3 aromatic carbocycles. The molecule has 0 saturated carbocycles. The van der Waals surface area contributed by atoms with Crippen molar-refractivity contribution in [1.29, 1.82) is 0 Å². The van der Waals surface area contributed by atoms with Crippen molar-refractivity contribution < 1.29 is 24.2 Å². The predicted molar refractivity (Wildman–Crippen MR) is 136 cm³/mol. The summed E-state index contributed by atoms with van der Waals surface area (Å²) in [6, 6.07) is 17.0. The van der Waals surface area contributed by atoms with Crippen LogP contribution in [0.25, 0.3) is 10.8 Å². The fourth-order valence-electron chi connectivity index (χ4n) is 4.94. The number of nitrogens with one attached hydrogen (secondary N) is 2. The van der Waals surface area contributed by atoms with Crippen LogP contribution in [0.1, 0.15) is 39.9 Å². The third-order valence-corrected chi connectivity index (χ3v) is 6.86. The number of ether oxygens (including phenoxy) is 1. The van der Waals surface area contributed by atoms with Crippen molar-refractivity contribution in [3.8, 4) is 0 Å². The van der Waals surface area contributed by atoms with Crippen molar-refractivity contribution in [3.05, 3.63) is 76.9 Å². The third kappa shape index (κ3) is 5.24. The quantitative estimate of drug-likeness (QED) is 0.439. The lowest BCUT2D eigenvalue weighted by atomic mass is 9.93. The van der Waals surface area contributed by atoms with Crippen molar-refractivity contribution in [2.45, 2.75) is 31.8 Å². The summed E-state index contributed by atoms with van der Waals surface area (Å²) in [7, 11) is 0. The van der Waals surface area contributed by atoms with E-state index in [1.165, 1.54) is 5.56 Å². The van der Waals surface area contributed by atoms with Crippen LogP contribution in [-0.4, -0.2) is 60.1 Å². The van der Waals surface area contributed by atoms with Gasteiger partial charge in [-0.2, -0.15) is 0 Å². The van der Waals surface area contributed by atoms with Gasteiger partial charge >= 0.3 is 5.97 Å². The number of aromatic carboxylic acids is 1. The molecule has 0 unspecified atom stereocenters. The molecule has 2 aliphatic heterocycles. The second kappa shape index (κ2) is 10.5. The number of amides is 2. The van der Waals surface area contributed by atoms with Gasteiger partial charge in [0, 0.05) is 37.1 Å². The maximum Gasteiger partial charge on any atom is 0.336 e. The first kappa shape index (κ1) is 24.0. The Morgan fingerprint density at radius 3 is 2.50 bits per heavy atom. The van der Waals surface area contributed by atoms with E-state index in [9.17, 15) is 19.5 Å². The topological polar surface area (TPSA) is 108 Å². The minimum atomic E-state index is -1.03. The van der Waals surface area contributed by atoms with Crippen molar-refractivity contribution >= 4 is 34.2 Å². The fourth-order valence-corrected chi connectivity index (χ4v) is 4.94. The van der Waals surface area contributed by atoms with Crippen LogP contribution in [0.2, 0.25) is 0 Å². The lowest BCUT2D eigenvalue weighted by Gasteiger charge is -2.26. The molecule has 3 aromatic rings. The lowest BCUT2D eigenvalue weighted by molar-refractivity contribution is -0.133. The SMILES string of the molecule is O=C1CC[C@H](Nc2ccc(Cc3ccc(CN4CCOCC4)cc3)c3cccc(C(=O)O)c23)C(=O)N1. The number of hydrogen-bond donors (Lipinski definition) is 3. The zero-order valence-corrected chi connectivity index (χ0v) is 20.0. The molecule has 0 bridgehead atoms. The third-order valence-electron chi connectivity index (χ3n) is 6.86. The molecule has 2 heterocycles. The van der Waals surface area contributed by atoms with Crippen molar-refractivity contribution in [1.82, 2.24) is 10.2 Å². The Balaban J connectivity index is 1.41. The Morgan fingerprint density at radius 2 is 1.78 bits per heavy atom. The van der Waals surface area contributed by atoms with Crippen LogP contribution in [0, 0.1) is 0 Å². The molecule has 3 N–H and O–H groups in total. The number of piperidine rings is 1. The molecule has 2 fully saturated rings. The number of nitrogens with zero attached hydrogens (tertiary/aromatic N) is 1. The van der Waals surface area contributed by atoms with E-state index >= 15 is 0 Å². The van der Waals surface area contributed by atoms with E-state index in [1.807, 2.05) is 18.2 Å². The van der Waals surface area contributed by atoms with E-state index in [0.29, 0.717) is 23.9 Å². The van der Waals surface area contributed by atoms with E-state index < -0.39 is 17.9 Å². The van der Waals surface area contributed by atoms with Crippen LogP contribution in [0.15, 0.2) is 54.6 Å². The van der Waals surface area contributed by atoms with Crippen LogP contribution in [-0.2, 0) is 27.3 Å². The zero-order valence-electron chi connectivity index (χ0n) is 20.0. The van der Waals surface area contributed by atoms with Crippen molar-refractivity contribution in [2.24, 2.45) is 0 Å². The second-order valence-corrected chi connectivity index (χ2v) is 9.34. The number of carbonyl (C=O) groups is 3. The van der Waals surface area contributed by atoms with Gasteiger partial charge in [0.05, 0.1) is 18.8 Å². The number of benzene rings is 3. The van der Waals surface area contributed by atoms with Crippen LogP contribution >= 0.6 is 0 Å². The number of imide groups is 1. The van der Waals surface area contributed by atoms with Gasteiger partial charge in [-0.05, 0) is 47.1 Å². The van der Waals surface area contributed by atoms with Crippen LogP contribution in [0.3, 0.4) is 0 Å². The number of morpholine rings is 1. The molecule has 5 rings (SSSR count). The Morgan fingerprint density at radius 1 is 1.03 bits per heavy atom.